The number of esters is 1. The number of ether oxygens (including phenoxy) is 2. The van der Waals surface area contributed by atoms with Gasteiger partial charge in [0.2, 0.25) is 5.91 Å². The molecule has 0 saturated carbocycles. The lowest BCUT2D eigenvalue weighted by atomic mass is 9.65. The number of methoxy groups -OCH3 is 1. The Morgan fingerprint density at radius 1 is 1.23 bits per heavy atom. The number of nitro groups is 1. The zero-order valence-electron chi connectivity index (χ0n) is 22.0. The van der Waals surface area contributed by atoms with Gasteiger partial charge in [0.1, 0.15) is 17.2 Å². The molecule has 0 spiro atoms. The van der Waals surface area contributed by atoms with Gasteiger partial charge in [0.25, 0.3) is 5.70 Å². The third-order valence-electron chi connectivity index (χ3n) is 6.51. The first-order chi connectivity index (χ1) is 18.1. The van der Waals surface area contributed by atoms with Gasteiger partial charge < -0.3 is 30.1 Å². The number of carboxylic acids is 1. The largest absolute Gasteiger partial charge is 0.481 e. The highest BCUT2D eigenvalue weighted by molar-refractivity contribution is 6.30. The summed E-state index contributed by atoms with van der Waals surface area (Å²) in [6.07, 6.45) is 0.129. The van der Waals surface area contributed by atoms with Crippen LogP contribution in [0.25, 0.3) is 0 Å². The van der Waals surface area contributed by atoms with Crippen molar-refractivity contribution < 1.29 is 38.7 Å². The maximum absolute atomic E-state index is 14.4. The average Bonchev–Trinajstić information content (AvgIpc) is 3.01. The van der Waals surface area contributed by atoms with Crippen molar-refractivity contribution in [3.63, 3.8) is 0 Å². The minimum absolute atomic E-state index is 0.0238. The Balaban J connectivity index is 2.25. The van der Waals surface area contributed by atoms with E-state index < -0.39 is 62.8 Å². The summed E-state index contributed by atoms with van der Waals surface area (Å²) >= 11 is 6.20. The number of carboxylic acid groups (broad SMARTS) is 1. The first-order valence-corrected chi connectivity index (χ1v) is 12.2. The quantitative estimate of drug-likeness (QED) is 0.238. The molecule has 2 atom stereocenters. The number of amides is 2. The van der Waals surface area contributed by atoms with Crippen molar-refractivity contribution in [3.8, 4) is 0 Å². The fraction of sp³-hybridized carbons (Fsp3) is 0.440. The molecule has 0 fully saturated rings. The fourth-order valence-corrected chi connectivity index (χ4v) is 5.01. The molecule has 13 nitrogen and oxygen atoms in total. The second kappa shape index (κ2) is 10.6. The van der Waals surface area contributed by atoms with Gasteiger partial charge in [-0.25, -0.2) is 4.79 Å². The third-order valence-corrected chi connectivity index (χ3v) is 6.75. The van der Waals surface area contributed by atoms with Crippen LogP contribution in [-0.2, 0) is 30.4 Å². The molecule has 2 aliphatic rings. The Kier molecular flexibility index (Phi) is 7.97. The number of anilines is 1. The molecule has 210 valence electrons. The highest BCUT2D eigenvalue weighted by Crippen LogP contribution is 2.47. The normalized spacial score (nSPS) is 21.4. The first-order valence-electron chi connectivity index (χ1n) is 11.8. The molecule has 0 radical (unpaired) electrons. The number of halogens is 1. The molecule has 14 heteroatoms. The molecule has 0 aromatic heterocycles. The van der Waals surface area contributed by atoms with Crippen molar-refractivity contribution in [3.05, 3.63) is 61.9 Å². The minimum Gasteiger partial charge on any atom is -0.481 e. The Bertz CT molecular complexity index is 1320. The summed E-state index contributed by atoms with van der Waals surface area (Å²) in [4.78, 5) is 66.6. The Morgan fingerprint density at radius 2 is 1.87 bits per heavy atom. The zero-order chi connectivity index (χ0) is 29.4. The van der Waals surface area contributed by atoms with Crippen LogP contribution >= 0.6 is 11.6 Å². The van der Waals surface area contributed by atoms with E-state index in [1.165, 1.54) is 23.1 Å². The van der Waals surface area contributed by atoms with Gasteiger partial charge in [-0.2, -0.15) is 0 Å². The molecule has 1 aromatic carbocycles. The lowest BCUT2D eigenvalue weighted by molar-refractivity contribution is -0.423. The molecule has 0 saturated heterocycles. The van der Waals surface area contributed by atoms with Gasteiger partial charge in [-0.05, 0) is 57.5 Å². The van der Waals surface area contributed by atoms with Gasteiger partial charge in [0.15, 0.2) is 5.41 Å². The molecule has 1 aliphatic heterocycles. The van der Waals surface area contributed by atoms with E-state index in [1.807, 2.05) is 0 Å². The third kappa shape index (κ3) is 5.26. The molecule has 2 unspecified atom stereocenters. The number of nitrogens with two attached hydrogens (primary N) is 1. The lowest BCUT2D eigenvalue weighted by Crippen LogP contribution is -2.58. The molecule has 1 aliphatic carbocycles. The average molecular weight is 565 g/mol. The number of aliphatic carboxylic acids is 1. The first kappa shape index (κ1) is 29.4. The molecule has 0 bridgehead atoms. The number of rotatable bonds is 4. The van der Waals surface area contributed by atoms with Crippen LogP contribution in [-0.4, -0.2) is 64.7 Å². The van der Waals surface area contributed by atoms with Crippen LogP contribution in [0, 0.1) is 21.4 Å². The van der Waals surface area contributed by atoms with E-state index in [2.05, 4.69) is 0 Å². The molecule has 1 aromatic rings. The summed E-state index contributed by atoms with van der Waals surface area (Å²) in [6.45, 7) is 5.88. The molecular weight excluding hydrogens is 536 g/mol. The van der Waals surface area contributed by atoms with Crippen molar-refractivity contribution in [1.82, 2.24) is 4.90 Å². The molecule has 1 heterocycles. The molecule has 3 N–H and O–H groups in total. The number of benzene rings is 1. The van der Waals surface area contributed by atoms with Crippen LogP contribution in [0.2, 0.25) is 5.02 Å². The lowest BCUT2D eigenvalue weighted by Gasteiger charge is -2.39. The molecule has 39 heavy (non-hydrogen) atoms. The van der Waals surface area contributed by atoms with E-state index in [9.17, 15) is 34.4 Å². The van der Waals surface area contributed by atoms with E-state index in [4.69, 9.17) is 26.8 Å². The van der Waals surface area contributed by atoms with Gasteiger partial charge in [0, 0.05) is 29.4 Å². The van der Waals surface area contributed by atoms with Gasteiger partial charge in [-0.15, -0.1) is 0 Å². The topological polar surface area (TPSA) is 183 Å². The zero-order valence-corrected chi connectivity index (χ0v) is 22.8. The van der Waals surface area contributed by atoms with Gasteiger partial charge >= 0.3 is 18.0 Å². The second-order valence-corrected chi connectivity index (χ2v) is 10.5. The van der Waals surface area contributed by atoms with E-state index in [0.29, 0.717) is 10.6 Å². The smallest absolute Gasteiger partial charge is 0.410 e. The number of hydrogen-bond acceptors (Lipinski definition) is 9. The highest BCUT2D eigenvalue weighted by Gasteiger charge is 2.63. The summed E-state index contributed by atoms with van der Waals surface area (Å²) in [6, 6.07) is 4.48. The summed E-state index contributed by atoms with van der Waals surface area (Å²) in [5.41, 5.74) is 1.18. The van der Waals surface area contributed by atoms with Crippen LogP contribution < -0.4 is 10.6 Å². The molecule has 3 rings (SSSR count). The van der Waals surface area contributed by atoms with Crippen molar-refractivity contribution in [1.29, 1.82) is 0 Å². The standard InChI is InChI=1S/C25H29ClN4O9/c1-13-19(30(36)37)17(27)11-16(20(31)32)25(13,22(34)38-5)21(33)29-9-8-28(23(35)39-24(2,3)4)12-14-10-15(26)6-7-18(14)29/h6-7,10-11,16H,8-9,12,27H2,1-5H3,(H,31,32). The van der Waals surface area contributed by atoms with Crippen LogP contribution in [0.3, 0.4) is 0 Å². The summed E-state index contributed by atoms with van der Waals surface area (Å²) in [5, 5.41) is 22.3. The van der Waals surface area contributed by atoms with Crippen LogP contribution in [0.15, 0.2) is 41.2 Å². The van der Waals surface area contributed by atoms with Crippen molar-refractivity contribution >= 4 is 41.2 Å². The number of carbonyl (C=O) groups is 4. The van der Waals surface area contributed by atoms with Gasteiger partial charge in [-0.3, -0.25) is 24.5 Å². The fourth-order valence-electron chi connectivity index (χ4n) is 4.82. The van der Waals surface area contributed by atoms with Crippen molar-refractivity contribution in [2.45, 2.75) is 39.8 Å². The predicted molar refractivity (Wildman–Crippen MR) is 138 cm³/mol. The monoisotopic (exact) mass is 564 g/mol. The number of hydrogen-bond donors (Lipinski definition) is 2. The van der Waals surface area contributed by atoms with Crippen LogP contribution in [0.1, 0.15) is 33.3 Å². The summed E-state index contributed by atoms with van der Waals surface area (Å²) < 4.78 is 10.4. The number of nitrogens with zero attached hydrogens (tertiary/aromatic N) is 3. The predicted octanol–water partition coefficient (Wildman–Crippen LogP) is 2.69. The van der Waals surface area contributed by atoms with Gasteiger partial charge in [0.05, 0.1) is 18.6 Å². The summed E-state index contributed by atoms with van der Waals surface area (Å²) in [5.74, 6) is -5.97. The van der Waals surface area contributed by atoms with Crippen LogP contribution in [0.4, 0.5) is 10.5 Å². The number of fused-ring (bicyclic) bond motifs is 1. The van der Waals surface area contributed by atoms with Crippen molar-refractivity contribution in [2.24, 2.45) is 17.1 Å². The number of carbonyl (C=O) groups excluding carboxylic acids is 3. The van der Waals surface area contributed by atoms with Crippen LogP contribution in [0.5, 0.6) is 0 Å². The Morgan fingerprint density at radius 3 is 2.41 bits per heavy atom. The molecule has 2 amide bonds. The van der Waals surface area contributed by atoms with E-state index in [-0.39, 0.29) is 25.3 Å². The highest BCUT2D eigenvalue weighted by atomic mass is 35.5. The van der Waals surface area contributed by atoms with Gasteiger partial charge in [-0.1, -0.05) is 11.6 Å². The van der Waals surface area contributed by atoms with E-state index in [1.54, 1.807) is 20.8 Å². The maximum atomic E-state index is 14.4. The van der Waals surface area contributed by atoms with Crippen molar-refractivity contribution in [2.75, 3.05) is 25.1 Å². The second-order valence-electron chi connectivity index (χ2n) is 10.1. The Labute approximate surface area is 228 Å². The molecular formula is C25H29ClN4O9. The summed E-state index contributed by atoms with van der Waals surface area (Å²) in [7, 11) is 0.942. The van der Waals surface area contributed by atoms with E-state index in [0.717, 1.165) is 25.0 Å². The SMILES string of the molecule is COC(=O)C1(C(=O)N2CCN(C(=O)OC(C)(C)C)Cc3cc(Cl)ccc32)C(C)=C([N+](=O)[O-])C(N)=CC1C(=O)O. The minimum atomic E-state index is -2.68. The Hall–Kier alpha value is -4.13. The maximum Gasteiger partial charge on any atom is 0.410 e. The van der Waals surface area contributed by atoms with E-state index >= 15 is 0 Å².